The van der Waals surface area contributed by atoms with Crippen LogP contribution in [0.4, 0.5) is 0 Å². The molecule has 1 saturated heterocycles. The molecular weight excluding hydrogens is 278 g/mol. The van der Waals surface area contributed by atoms with Gasteiger partial charge in [0.2, 0.25) is 10.0 Å². The average Bonchev–Trinajstić information content (AvgIpc) is 2.38. The van der Waals surface area contributed by atoms with Gasteiger partial charge in [0.1, 0.15) is 12.6 Å². The second-order valence-corrected chi connectivity index (χ2v) is 7.18. The summed E-state index contributed by atoms with van der Waals surface area (Å²) in [5.41, 5.74) is 0.988. The largest absolute Gasteiger partial charge is 0.463 e. The molecule has 0 aromatic heterocycles. The van der Waals surface area contributed by atoms with Crippen molar-refractivity contribution in [2.45, 2.75) is 31.7 Å². The Morgan fingerprint density at radius 3 is 2.40 bits per heavy atom. The standard InChI is InChI=1S/C14H19NO4S/c1-10(2)13-14(16)19-9-8-15(13)20(17,18)12-6-4-11(3)5-7-12/h4-7,10,13H,8-9H2,1-3H3/t13-/m0/s1. The molecule has 0 radical (unpaired) electrons. The first-order valence-corrected chi connectivity index (χ1v) is 8.03. The van der Waals surface area contributed by atoms with Crippen LogP contribution in [0, 0.1) is 12.8 Å². The topological polar surface area (TPSA) is 63.7 Å². The van der Waals surface area contributed by atoms with E-state index in [1.165, 1.54) is 4.31 Å². The van der Waals surface area contributed by atoms with Crippen LogP contribution in [0.3, 0.4) is 0 Å². The molecule has 1 aliphatic rings. The van der Waals surface area contributed by atoms with Crippen LogP contribution in [0.5, 0.6) is 0 Å². The molecule has 1 aromatic rings. The molecule has 0 bridgehead atoms. The zero-order valence-corrected chi connectivity index (χ0v) is 12.7. The number of benzene rings is 1. The zero-order valence-electron chi connectivity index (χ0n) is 11.9. The molecule has 0 aliphatic carbocycles. The normalized spacial score (nSPS) is 21.0. The van der Waals surface area contributed by atoms with Crippen molar-refractivity contribution in [3.05, 3.63) is 29.8 Å². The number of aryl methyl sites for hydroxylation is 1. The van der Waals surface area contributed by atoms with Gasteiger partial charge in [-0.2, -0.15) is 4.31 Å². The van der Waals surface area contributed by atoms with Crippen LogP contribution in [0.25, 0.3) is 0 Å². The Labute approximate surface area is 119 Å². The number of ether oxygens (including phenoxy) is 1. The van der Waals surface area contributed by atoms with Gasteiger partial charge in [-0.15, -0.1) is 0 Å². The molecule has 1 aromatic carbocycles. The summed E-state index contributed by atoms with van der Waals surface area (Å²) < 4.78 is 31.6. The van der Waals surface area contributed by atoms with Crippen molar-refractivity contribution in [1.29, 1.82) is 0 Å². The maximum Gasteiger partial charge on any atom is 0.324 e. The Hall–Kier alpha value is -1.40. The molecule has 0 spiro atoms. The highest BCUT2D eigenvalue weighted by Crippen LogP contribution is 2.25. The fourth-order valence-electron chi connectivity index (χ4n) is 2.30. The first kappa shape index (κ1) is 15.0. The average molecular weight is 297 g/mol. The Morgan fingerprint density at radius 1 is 1.25 bits per heavy atom. The van der Waals surface area contributed by atoms with E-state index >= 15 is 0 Å². The van der Waals surface area contributed by atoms with Gasteiger partial charge in [0, 0.05) is 6.54 Å². The molecule has 1 fully saturated rings. The molecule has 5 nitrogen and oxygen atoms in total. The maximum absolute atomic E-state index is 12.7. The quantitative estimate of drug-likeness (QED) is 0.794. The highest BCUT2D eigenvalue weighted by atomic mass is 32.2. The number of sulfonamides is 1. The minimum Gasteiger partial charge on any atom is -0.463 e. The summed E-state index contributed by atoms with van der Waals surface area (Å²) in [6.07, 6.45) is 0. The highest BCUT2D eigenvalue weighted by Gasteiger charge is 2.41. The van der Waals surface area contributed by atoms with E-state index in [9.17, 15) is 13.2 Å². The van der Waals surface area contributed by atoms with Crippen LogP contribution in [0.1, 0.15) is 19.4 Å². The van der Waals surface area contributed by atoms with Crippen LogP contribution >= 0.6 is 0 Å². The van der Waals surface area contributed by atoms with Crippen LogP contribution in [-0.4, -0.2) is 37.9 Å². The number of carbonyl (C=O) groups is 1. The molecule has 0 amide bonds. The van der Waals surface area contributed by atoms with Crippen molar-refractivity contribution in [2.24, 2.45) is 5.92 Å². The van der Waals surface area contributed by atoms with Crippen molar-refractivity contribution in [1.82, 2.24) is 4.31 Å². The van der Waals surface area contributed by atoms with Gasteiger partial charge in [-0.3, -0.25) is 4.79 Å². The Balaban J connectivity index is 2.41. The minimum atomic E-state index is -3.67. The van der Waals surface area contributed by atoms with Crippen LogP contribution in [-0.2, 0) is 19.6 Å². The summed E-state index contributed by atoms with van der Waals surface area (Å²) in [6.45, 7) is 5.83. The van der Waals surface area contributed by atoms with Crippen molar-refractivity contribution in [3.63, 3.8) is 0 Å². The number of carbonyl (C=O) groups excluding carboxylic acids is 1. The van der Waals surface area contributed by atoms with Crippen LogP contribution in [0.15, 0.2) is 29.2 Å². The molecular formula is C14H19NO4S. The molecule has 1 atom stereocenters. The monoisotopic (exact) mass is 297 g/mol. The second-order valence-electron chi connectivity index (χ2n) is 5.29. The summed E-state index contributed by atoms with van der Waals surface area (Å²) in [4.78, 5) is 12.1. The number of rotatable bonds is 3. The number of hydrogen-bond donors (Lipinski definition) is 0. The van der Waals surface area contributed by atoms with Crippen molar-refractivity contribution in [2.75, 3.05) is 13.2 Å². The van der Waals surface area contributed by atoms with Gasteiger partial charge in [-0.25, -0.2) is 8.42 Å². The fourth-order valence-corrected chi connectivity index (χ4v) is 3.99. The lowest BCUT2D eigenvalue weighted by molar-refractivity contribution is -0.155. The maximum atomic E-state index is 12.7. The molecule has 0 N–H and O–H groups in total. The lowest BCUT2D eigenvalue weighted by Crippen LogP contribution is -2.53. The van der Waals surface area contributed by atoms with Gasteiger partial charge in [-0.1, -0.05) is 31.5 Å². The number of hydrogen-bond acceptors (Lipinski definition) is 4. The number of esters is 1. The zero-order chi connectivity index (χ0) is 14.9. The number of morpholine rings is 1. The van der Waals surface area contributed by atoms with E-state index in [-0.39, 0.29) is 24.0 Å². The smallest absolute Gasteiger partial charge is 0.324 e. The lowest BCUT2D eigenvalue weighted by atomic mass is 10.0. The number of cyclic esters (lactones) is 1. The van der Waals surface area contributed by atoms with Crippen LogP contribution < -0.4 is 0 Å². The number of nitrogens with zero attached hydrogens (tertiary/aromatic N) is 1. The minimum absolute atomic E-state index is 0.104. The first-order valence-electron chi connectivity index (χ1n) is 6.59. The van der Waals surface area contributed by atoms with E-state index in [1.54, 1.807) is 24.3 Å². The lowest BCUT2D eigenvalue weighted by Gasteiger charge is -2.35. The van der Waals surface area contributed by atoms with E-state index in [0.717, 1.165) is 5.56 Å². The highest BCUT2D eigenvalue weighted by molar-refractivity contribution is 7.89. The van der Waals surface area contributed by atoms with Gasteiger partial charge in [-0.05, 0) is 25.0 Å². The predicted molar refractivity (Wildman–Crippen MR) is 74.7 cm³/mol. The first-order chi connectivity index (χ1) is 9.34. The van der Waals surface area contributed by atoms with Crippen molar-refractivity contribution >= 4 is 16.0 Å². The molecule has 0 saturated carbocycles. The van der Waals surface area contributed by atoms with E-state index in [4.69, 9.17) is 4.74 Å². The fraction of sp³-hybridized carbons (Fsp3) is 0.500. The van der Waals surface area contributed by atoms with Gasteiger partial charge in [0.15, 0.2) is 0 Å². The third-order valence-electron chi connectivity index (χ3n) is 3.37. The molecule has 20 heavy (non-hydrogen) atoms. The van der Waals surface area contributed by atoms with Gasteiger partial charge >= 0.3 is 5.97 Å². The van der Waals surface area contributed by atoms with Crippen molar-refractivity contribution < 1.29 is 17.9 Å². The van der Waals surface area contributed by atoms with Gasteiger partial charge in [0.05, 0.1) is 4.90 Å². The molecule has 1 heterocycles. The van der Waals surface area contributed by atoms with E-state index in [2.05, 4.69) is 0 Å². The SMILES string of the molecule is Cc1ccc(S(=O)(=O)N2CCOC(=O)[C@@H]2C(C)C)cc1. The Kier molecular flexibility index (Phi) is 4.15. The Morgan fingerprint density at radius 2 is 1.85 bits per heavy atom. The van der Waals surface area contributed by atoms with Crippen LogP contribution in [0.2, 0.25) is 0 Å². The molecule has 2 rings (SSSR count). The van der Waals surface area contributed by atoms with Crippen molar-refractivity contribution in [3.8, 4) is 0 Å². The Bertz CT molecular complexity index is 592. The third kappa shape index (κ3) is 2.71. The van der Waals surface area contributed by atoms with E-state index in [1.807, 2.05) is 20.8 Å². The van der Waals surface area contributed by atoms with E-state index < -0.39 is 22.0 Å². The second kappa shape index (κ2) is 5.54. The molecule has 0 unspecified atom stereocenters. The summed E-state index contributed by atoms with van der Waals surface area (Å²) in [5, 5.41) is 0. The third-order valence-corrected chi connectivity index (χ3v) is 5.26. The molecule has 110 valence electrons. The molecule has 6 heteroatoms. The predicted octanol–water partition coefficient (Wildman–Crippen LogP) is 1.57. The summed E-state index contributed by atoms with van der Waals surface area (Å²) in [7, 11) is -3.67. The summed E-state index contributed by atoms with van der Waals surface area (Å²) in [5.74, 6) is -0.607. The summed E-state index contributed by atoms with van der Waals surface area (Å²) >= 11 is 0. The van der Waals surface area contributed by atoms with Gasteiger partial charge < -0.3 is 4.74 Å². The summed E-state index contributed by atoms with van der Waals surface area (Å²) in [6, 6.07) is 5.89. The van der Waals surface area contributed by atoms with Gasteiger partial charge in [0.25, 0.3) is 0 Å². The van der Waals surface area contributed by atoms with E-state index in [0.29, 0.717) is 0 Å². The molecule has 1 aliphatic heterocycles.